The minimum Gasteiger partial charge on any atom is -0.374 e. The molecule has 1 saturated heterocycles. The van der Waals surface area contributed by atoms with Crippen LogP contribution in [0.5, 0.6) is 0 Å². The minimum absolute atomic E-state index is 0.129. The Morgan fingerprint density at radius 2 is 2.25 bits per heavy atom. The number of benzene rings is 1. The molecular weight excluding hydrogens is 254 g/mol. The van der Waals surface area contributed by atoms with Crippen LogP contribution < -0.4 is 16.6 Å². The van der Waals surface area contributed by atoms with E-state index in [4.69, 9.17) is 10.6 Å². The fourth-order valence-electron chi connectivity index (χ4n) is 2.15. The number of morpholine rings is 1. The summed E-state index contributed by atoms with van der Waals surface area (Å²) in [7, 11) is 0. The van der Waals surface area contributed by atoms with Crippen LogP contribution in [0.1, 0.15) is 6.92 Å². The Bertz CT molecular complexity index is 423. The van der Waals surface area contributed by atoms with Gasteiger partial charge in [0.15, 0.2) is 0 Å². The summed E-state index contributed by atoms with van der Waals surface area (Å²) in [6.45, 7) is 6.49. The second kappa shape index (κ2) is 7.84. The number of nitrogens with zero attached hydrogens (tertiary/aromatic N) is 2. The Hall–Kier alpha value is -1.63. The normalized spacial score (nSPS) is 20.7. The number of nitrogens with two attached hydrogens (primary N) is 1. The van der Waals surface area contributed by atoms with Gasteiger partial charge in [-0.15, -0.1) is 0 Å². The second-order valence-electron chi connectivity index (χ2n) is 4.71. The molecule has 0 amide bonds. The van der Waals surface area contributed by atoms with Crippen molar-refractivity contribution in [1.29, 1.82) is 0 Å². The molecule has 110 valence electrons. The van der Waals surface area contributed by atoms with Crippen LogP contribution in [-0.4, -0.2) is 49.7 Å². The molecule has 0 radical (unpaired) electrons. The van der Waals surface area contributed by atoms with Gasteiger partial charge < -0.3 is 10.1 Å². The van der Waals surface area contributed by atoms with Gasteiger partial charge in [0, 0.05) is 18.8 Å². The number of aliphatic imine (C=N–C) groups is 1. The zero-order chi connectivity index (χ0) is 14.2. The van der Waals surface area contributed by atoms with Gasteiger partial charge in [-0.3, -0.25) is 10.3 Å². The van der Waals surface area contributed by atoms with Gasteiger partial charge in [-0.1, -0.05) is 25.1 Å². The molecule has 1 atom stereocenters. The van der Waals surface area contributed by atoms with Crippen molar-refractivity contribution in [2.45, 2.75) is 13.0 Å². The smallest absolute Gasteiger partial charge is 0.210 e. The number of guanidine groups is 1. The van der Waals surface area contributed by atoms with Gasteiger partial charge in [-0.05, 0) is 18.7 Å². The van der Waals surface area contributed by atoms with E-state index in [2.05, 4.69) is 27.6 Å². The molecule has 0 aliphatic carbocycles. The first kappa shape index (κ1) is 14.8. The third kappa shape index (κ3) is 4.48. The number of ether oxygens (including phenoxy) is 1. The van der Waals surface area contributed by atoms with Crippen LogP contribution in [0.15, 0.2) is 35.3 Å². The Kier molecular flexibility index (Phi) is 5.79. The molecule has 1 aromatic carbocycles. The van der Waals surface area contributed by atoms with Crippen LogP contribution in [0.25, 0.3) is 0 Å². The van der Waals surface area contributed by atoms with E-state index in [1.54, 1.807) is 0 Å². The Balaban J connectivity index is 1.87. The summed E-state index contributed by atoms with van der Waals surface area (Å²) in [6, 6.07) is 9.80. The highest BCUT2D eigenvalue weighted by Crippen LogP contribution is 2.06. The number of hydrazine groups is 1. The van der Waals surface area contributed by atoms with E-state index in [0.29, 0.717) is 12.5 Å². The maximum absolute atomic E-state index is 5.71. The molecule has 1 aromatic rings. The van der Waals surface area contributed by atoms with E-state index in [1.165, 1.54) is 0 Å². The lowest BCUT2D eigenvalue weighted by Gasteiger charge is -2.31. The summed E-state index contributed by atoms with van der Waals surface area (Å²) in [5.74, 6) is 6.04. The molecule has 6 nitrogen and oxygen atoms in total. The summed E-state index contributed by atoms with van der Waals surface area (Å²) < 4.78 is 5.71. The summed E-state index contributed by atoms with van der Waals surface area (Å²) >= 11 is 0. The zero-order valence-corrected chi connectivity index (χ0v) is 11.9. The molecule has 1 fully saturated rings. The highest BCUT2D eigenvalue weighted by molar-refractivity contribution is 5.93. The SMILES string of the molecule is CCN1CCOC(CN=C(NN)Nc2ccccc2)C1. The standard InChI is InChI=1S/C14H23N5O/c1-2-19-8-9-20-13(11-19)10-16-14(18-15)17-12-6-4-3-5-7-12/h3-7,13H,2,8-11,15H2,1H3,(H2,16,17,18). The predicted octanol–water partition coefficient (Wildman–Crippen LogP) is 0.639. The van der Waals surface area contributed by atoms with Crippen LogP contribution in [0.2, 0.25) is 0 Å². The molecule has 0 saturated carbocycles. The number of likely N-dealkylation sites (N-methyl/N-ethyl adjacent to an activating group) is 1. The lowest BCUT2D eigenvalue weighted by molar-refractivity contribution is -0.0209. The minimum atomic E-state index is 0.129. The van der Waals surface area contributed by atoms with E-state index in [1.807, 2.05) is 30.3 Å². The monoisotopic (exact) mass is 277 g/mol. The van der Waals surface area contributed by atoms with Crippen molar-refractivity contribution >= 4 is 11.6 Å². The van der Waals surface area contributed by atoms with Gasteiger partial charge in [0.2, 0.25) is 5.96 Å². The highest BCUT2D eigenvalue weighted by Gasteiger charge is 2.18. The number of anilines is 1. The van der Waals surface area contributed by atoms with Gasteiger partial charge in [0.1, 0.15) is 0 Å². The molecule has 1 aliphatic heterocycles. The first-order chi connectivity index (χ1) is 9.81. The maximum Gasteiger partial charge on any atom is 0.210 e. The van der Waals surface area contributed by atoms with E-state index < -0.39 is 0 Å². The Labute approximate surface area is 120 Å². The first-order valence-corrected chi connectivity index (χ1v) is 6.99. The van der Waals surface area contributed by atoms with E-state index >= 15 is 0 Å². The van der Waals surface area contributed by atoms with Crippen LogP contribution >= 0.6 is 0 Å². The molecule has 0 bridgehead atoms. The van der Waals surface area contributed by atoms with Crippen molar-refractivity contribution in [2.24, 2.45) is 10.8 Å². The average molecular weight is 277 g/mol. The number of rotatable bonds is 4. The fraction of sp³-hybridized carbons (Fsp3) is 0.500. The Morgan fingerprint density at radius 1 is 1.45 bits per heavy atom. The quantitative estimate of drug-likeness (QED) is 0.326. The predicted molar refractivity (Wildman–Crippen MR) is 81.5 cm³/mol. The van der Waals surface area contributed by atoms with Crippen molar-refractivity contribution in [3.05, 3.63) is 30.3 Å². The molecule has 6 heteroatoms. The number of hydrogen-bond donors (Lipinski definition) is 3. The van der Waals surface area contributed by atoms with Crippen LogP contribution in [0.3, 0.4) is 0 Å². The van der Waals surface area contributed by atoms with Crippen LogP contribution in [0, 0.1) is 0 Å². The zero-order valence-electron chi connectivity index (χ0n) is 11.9. The third-order valence-corrected chi connectivity index (χ3v) is 3.30. The van der Waals surface area contributed by atoms with E-state index in [0.717, 1.165) is 31.9 Å². The Morgan fingerprint density at radius 3 is 2.95 bits per heavy atom. The summed E-state index contributed by atoms with van der Waals surface area (Å²) in [6.07, 6.45) is 0.129. The van der Waals surface area contributed by atoms with Crippen molar-refractivity contribution in [1.82, 2.24) is 10.3 Å². The molecule has 20 heavy (non-hydrogen) atoms. The van der Waals surface area contributed by atoms with E-state index in [9.17, 15) is 0 Å². The molecular formula is C14H23N5O. The summed E-state index contributed by atoms with van der Waals surface area (Å²) in [5.41, 5.74) is 3.53. The molecule has 0 aromatic heterocycles. The lowest BCUT2D eigenvalue weighted by Crippen LogP contribution is -2.44. The lowest BCUT2D eigenvalue weighted by atomic mass is 10.3. The summed E-state index contributed by atoms with van der Waals surface area (Å²) in [4.78, 5) is 6.81. The summed E-state index contributed by atoms with van der Waals surface area (Å²) in [5, 5.41) is 3.14. The van der Waals surface area contributed by atoms with Gasteiger partial charge in [0.05, 0.1) is 19.3 Å². The van der Waals surface area contributed by atoms with Crippen molar-refractivity contribution in [3.63, 3.8) is 0 Å². The van der Waals surface area contributed by atoms with Crippen molar-refractivity contribution < 1.29 is 4.74 Å². The van der Waals surface area contributed by atoms with Crippen LogP contribution in [0.4, 0.5) is 5.69 Å². The topological polar surface area (TPSA) is 74.9 Å². The molecule has 4 N–H and O–H groups in total. The van der Waals surface area contributed by atoms with Gasteiger partial charge in [0.25, 0.3) is 0 Å². The molecule has 0 spiro atoms. The first-order valence-electron chi connectivity index (χ1n) is 6.99. The second-order valence-corrected chi connectivity index (χ2v) is 4.71. The van der Waals surface area contributed by atoms with Crippen molar-refractivity contribution in [3.8, 4) is 0 Å². The number of nitrogens with one attached hydrogen (secondary N) is 2. The number of para-hydroxylation sites is 1. The molecule has 2 rings (SSSR count). The maximum atomic E-state index is 5.71. The average Bonchev–Trinajstić information content (AvgIpc) is 2.52. The van der Waals surface area contributed by atoms with Gasteiger partial charge in [-0.2, -0.15) is 0 Å². The van der Waals surface area contributed by atoms with E-state index in [-0.39, 0.29) is 6.10 Å². The number of hydrogen-bond acceptors (Lipinski definition) is 4. The molecule has 1 heterocycles. The van der Waals surface area contributed by atoms with Crippen molar-refractivity contribution in [2.75, 3.05) is 38.1 Å². The van der Waals surface area contributed by atoms with Crippen LogP contribution in [-0.2, 0) is 4.74 Å². The van der Waals surface area contributed by atoms with Gasteiger partial charge >= 0.3 is 0 Å². The molecule has 1 unspecified atom stereocenters. The fourth-order valence-corrected chi connectivity index (χ4v) is 2.15. The highest BCUT2D eigenvalue weighted by atomic mass is 16.5. The molecule has 1 aliphatic rings. The van der Waals surface area contributed by atoms with Gasteiger partial charge in [-0.25, -0.2) is 10.8 Å². The largest absolute Gasteiger partial charge is 0.374 e. The third-order valence-electron chi connectivity index (χ3n) is 3.30.